The molecule has 0 heterocycles. The molecule has 0 bridgehead atoms. The topological polar surface area (TPSA) is 43.4 Å². The summed E-state index contributed by atoms with van der Waals surface area (Å²) < 4.78 is 37.0. The van der Waals surface area contributed by atoms with Gasteiger partial charge in [0.15, 0.2) is 0 Å². The quantitative estimate of drug-likeness (QED) is 0.583. The van der Waals surface area contributed by atoms with Crippen LogP contribution < -0.4 is 0 Å². The molecule has 0 aliphatic heterocycles. The Hall–Kier alpha value is -0.160. The molecule has 62 valence electrons. The zero-order valence-corrected chi connectivity index (χ0v) is 6.82. The Bertz CT molecular complexity index is 175. The summed E-state index contributed by atoms with van der Waals surface area (Å²) in [5.41, 5.74) is 0. The monoisotopic (exact) mass is 170 g/mol. The Labute approximate surface area is 60.3 Å². The van der Waals surface area contributed by atoms with Gasteiger partial charge in [0.25, 0.3) is 10.1 Å². The lowest BCUT2D eigenvalue weighted by atomic mass is 10.3. The Kier molecular flexibility index (Phi) is 3.81. The summed E-state index contributed by atoms with van der Waals surface area (Å²) in [4.78, 5) is 0. The minimum absolute atomic E-state index is 0.273. The first-order valence-corrected chi connectivity index (χ1v) is 4.76. The second-order valence-electron chi connectivity index (χ2n) is 1.99. The van der Waals surface area contributed by atoms with E-state index in [0.717, 1.165) is 6.26 Å². The molecule has 3 nitrogen and oxygen atoms in total. The second kappa shape index (κ2) is 3.88. The predicted octanol–water partition coefficient (Wildman–Crippen LogP) is 0.711. The van der Waals surface area contributed by atoms with Gasteiger partial charge in [-0.25, -0.2) is 4.39 Å². The zero-order chi connectivity index (χ0) is 8.20. The average molecular weight is 170 g/mol. The Morgan fingerprint density at radius 1 is 1.60 bits per heavy atom. The smallest absolute Gasteiger partial charge is 0.264 e. The van der Waals surface area contributed by atoms with Crippen molar-refractivity contribution in [2.24, 2.45) is 0 Å². The maximum Gasteiger partial charge on any atom is 0.264 e. The number of alkyl halides is 1. The summed E-state index contributed by atoms with van der Waals surface area (Å²) >= 11 is 0. The summed E-state index contributed by atoms with van der Waals surface area (Å²) in [6, 6.07) is 0. The van der Waals surface area contributed by atoms with E-state index in [9.17, 15) is 12.8 Å². The molecule has 10 heavy (non-hydrogen) atoms. The summed E-state index contributed by atoms with van der Waals surface area (Å²) in [5.74, 6) is 0. The van der Waals surface area contributed by atoms with E-state index in [-0.39, 0.29) is 13.0 Å². The minimum Gasteiger partial charge on any atom is -0.267 e. The van der Waals surface area contributed by atoms with Crippen molar-refractivity contribution in [1.82, 2.24) is 0 Å². The molecule has 0 rings (SSSR count). The number of hydrogen-bond donors (Lipinski definition) is 0. The van der Waals surface area contributed by atoms with Crippen molar-refractivity contribution in [3.05, 3.63) is 0 Å². The molecule has 0 saturated heterocycles. The number of rotatable bonds is 4. The lowest BCUT2D eigenvalue weighted by molar-refractivity contribution is 0.197. The molecular formula is C5H11FO3S. The molecule has 0 fully saturated rings. The van der Waals surface area contributed by atoms with E-state index in [1.54, 1.807) is 6.92 Å². The van der Waals surface area contributed by atoms with Gasteiger partial charge in [0, 0.05) is 0 Å². The van der Waals surface area contributed by atoms with Gasteiger partial charge in [0.2, 0.25) is 0 Å². The summed E-state index contributed by atoms with van der Waals surface area (Å²) in [6.45, 7) is 1.26. The van der Waals surface area contributed by atoms with Crippen molar-refractivity contribution < 1.29 is 17.0 Å². The first-order chi connectivity index (χ1) is 4.45. The maximum atomic E-state index is 12.3. The highest BCUT2D eigenvalue weighted by Crippen LogP contribution is 1.98. The molecule has 0 aromatic rings. The lowest BCUT2D eigenvalue weighted by Crippen LogP contribution is -2.13. The van der Waals surface area contributed by atoms with Crippen LogP contribution in [-0.4, -0.2) is 27.5 Å². The molecule has 0 aromatic carbocycles. The van der Waals surface area contributed by atoms with Crippen molar-refractivity contribution >= 4 is 10.1 Å². The van der Waals surface area contributed by atoms with Gasteiger partial charge in [0.1, 0.15) is 6.17 Å². The fraction of sp³-hybridized carbons (Fsp3) is 1.00. The van der Waals surface area contributed by atoms with E-state index in [2.05, 4.69) is 4.18 Å². The molecule has 5 heteroatoms. The molecule has 0 spiro atoms. The largest absolute Gasteiger partial charge is 0.267 e. The Morgan fingerprint density at radius 2 is 2.10 bits per heavy atom. The SMILES string of the molecule is CCC(F)COS(C)(=O)=O. The van der Waals surface area contributed by atoms with Crippen LogP contribution in [0.5, 0.6) is 0 Å². The molecule has 0 saturated carbocycles. The summed E-state index contributed by atoms with van der Waals surface area (Å²) in [6.07, 6.45) is -0.0139. The Morgan fingerprint density at radius 3 is 2.40 bits per heavy atom. The van der Waals surface area contributed by atoms with E-state index >= 15 is 0 Å². The van der Waals surface area contributed by atoms with Gasteiger partial charge < -0.3 is 0 Å². The number of halogens is 1. The summed E-state index contributed by atoms with van der Waals surface area (Å²) in [7, 11) is -3.47. The van der Waals surface area contributed by atoms with Crippen LogP contribution in [0.25, 0.3) is 0 Å². The van der Waals surface area contributed by atoms with E-state index in [1.165, 1.54) is 0 Å². The molecule has 0 aliphatic carbocycles. The first kappa shape index (κ1) is 9.84. The number of hydrogen-bond acceptors (Lipinski definition) is 3. The average Bonchev–Trinajstić information content (AvgIpc) is 1.81. The van der Waals surface area contributed by atoms with E-state index in [0.29, 0.717) is 0 Å². The normalized spacial score (nSPS) is 15.1. The van der Waals surface area contributed by atoms with Gasteiger partial charge in [0.05, 0.1) is 12.9 Å². The van der Waals surface area contributed by atoms with Crippen LogP contribution in [-0.2, 0) is 14.3 Å². The molecule has 0 aromatic heterocycles. The minimum atomic E-state index is -3.47. The lowest BCUT2D eigenvalue weighted by Gasteiger charge is -2.02. The third-order valence-electron chi connectivity index (χ3n) is 0.906. The third kappa shape index (κ3) is 5.97. The van der Waals surface area contributed by atoms with Gasteiger partial charge in [-0.05, 0) is 6.42 Å². The van der Waals surface area contributed by atoms with E-state index < -0.39 is 16.3 Å². The van der Waals surface area contributed by atoms with Crippen molar-refractivity contribution in [2.45, 2.75) is 19.5 Å². The van der Waals surface area contributed by atoms with Crippen molar-refractivity contribution in [1.29, 1.82) is 0 Å². The van der Waals surface area contributed by atoms with Crippen molar-refractivity contribution in [3.8, 4) is 0 Å². The van der Waals surface area contributed by atoms with Crippen molar-refractivity contribution in [2.75, 3.05) is 12.9 Å². The predicted molar refractivity (Wildman–Crippen MR) is 36.0 cm³/mol. The highest BCUT2D eigenvalue weighted by atomic mass is 32.2. The molecule has 1 atom stereocenters. The van der Waals surface area contributed by atoms with E-state index in [1.807, 2.05) is 0 Å². The van der Waals surface area contributed by atoms with Gasteiger partial charge in [-0.1, -0.05) is 6.92 Å². The van der Waals surface area contributed by atoms with E-state index in [4.69, 9.17) is 0 Å². The fourth-order valence-electron chi connectivity index (χ4n) is 0.315. The van der Waals surface area contributed by atoms with Crippen LogP contribution in [0.4, 0.5) is 4.39 Å². The van der Waals surface area contributed by atoms with Crippen LogP contribution in [0.2, 0.25) is 0 Å². The van der Waals surface area contributed by atoms with Gasteiger partial charge in [-0.3, -0.25) is 4.18 Å². The Balaban J connectivity index is 3.56. The van der Waals surface area contributed by atoms with Gasteiger partial charge >= 0.3 is 0 Å². The highest BCUT2D eigenvalue weighted by Gasteiger charge is 2.07. The molecule has 0 N–H and O–H groups in total. The molecule has 0 amide bonds. The van der Waals surface area contributed by atoms with Crippen LogP contribution in [0.3, 0.4) is 0 Å². The van der Waals surface area contributed by atoms with Crippen molar-refractivity contribution in [3.63, 3.8) is 0 Å². The van der Waals surface area contributed by atoms with Crippen LogP contribution in [0.1, 0.15) is 13.3 Å². The second-order valence-corrected chi connectivity index (χ2v) is 3.64. The highest BCUT2D eigenvalue weighted by molar-refractivity contribution is 7.85. The molecular weight excluding hydrogens is 159 g/mol. The molecule has 0 radical (unpaired) electrons. The van der Waals surface area contributed by atoms with Gasteiger partial charge in [-0.2, -0.15) is 8.42 Å². The standard InChI is InChI=1S/C5H11FO3S/c1-3-5(6)4-9-10(2,7)8/h5H,3-4H2,1-2H3. The van der Waals surface area contributed by atoms with Crippen LogP contribution in [0, 0.1) is 0 Å². The van der Waals surface area contributed by atoms with Gasteiger partial charge in [-0.15, -0.1) is 0 Å². The zero-order valence-electron chi connectivity index (χ0n) is 6.00. The summed E-state index contributed by atoms with van der Waals surface area (Å²) in [5, 5.41) is 0. The van der Waals surface area contributed by atoms with Crippen LogP contribution >= 0.6 is 0 Å². The molecule has 1 unspecified atom stereocenters. The fourth-order valence-corrected chi connectivity index (χ4v) is 0.710. The van der Waals surface area contributed by atoms with Crippen LogP contribution in [0.15, 0.2) is 0 Å². The maximum absolute atomic E-state index is 12.3. The third-order valence-corrected chi connectivity index (χ3v) is 1.47. The molecule has 0 aliphatic rings. The first-order valence-electron chi connectivity index (χ1n) is 2.94.